The number of amides is 1. The smallest absolute Gasteiger partial charge is 0.259 e. The molecule has 7 heteroatoms. The molecular weight excluding hydrogens is 318 g/mol. The molecule has 1 aliphatic heterocycles. The Balaban J connectivity index is 1.70. The van der Waals surface area contributed by atoms with Crippen LogP contribution in [0.1, 0.15) is 23.0 Å². The van der Waals surface area contributed by atoms with Crippen LogP contribution in [0.5, 0.6) is 5.75 Å². The maximum Gasteiger partial charge on any atom is 0.259 e. The Morgan fingerprint density at radius 3 is 2.68 bits per heavy atom. The summed E-state index contributed by atoms with van der Waals surface area (Å²) < 4.78 is 0. The van der Waals surface area contributed by atoms with E-state index in [4.69, 9.17) is 0 Å². The van der Waals surface area contributed by atoms with Crippen molar-refractivity contribution in [2.24, 2.45) is 0 Å². The van der Waals surface area contributed by atoms with Crippen molar-refractivity contribution in [3.8, 4) is 5.75 Å². The second-order valence-electron chi connectivity index (χ2n) is 6.09. The number of likely N-dealkylation sites (N-methyl/N-ethyl adjacent to an activating group) is 1. The van der Waals surface area contributed by atoms with E-state index in [2.05, 4.69) is 32.0 Å². The standard InChI is InChI=1S/C18H23N5O2/c1-3-22-7-9-23(10-8-22)18-19-12-16(13(2)20-18)17(25)21-14-5-4-6-15(24)11-14/h4-6,11-12,24H,3,7-10H2,1-2H3,(H,21,25). The first kappa shape index (κ1) is 17.2. The molecule has 1 aromatic carbocycles. The van der Waals surface area contributed by atoms with Crippen LogP contribution >= 0.6 is 0 Å². The van der Waals surface area contributed by atoms with Crippen LogP contribution in [-0.2, 0) is 0 Å². The van der Waals surface area contributed by atoms with Crippen LogP contribution < -0.4 is 10.2 Å². The van der Waals surface area contributed by atoms with Crippen LogP contribution in [-0.4, -0.2) is 58.6 Å². The number of rotatable bonds is 4. The third-order valence-electron chi connectivity index (χ3n) is 4.42. The second-order valence-corrected chi connectivity index (χ2v) is 6.09. The molecule has 0 bridgehead atoms. The van der Waals surface area contributed by atoms with Gasteiger partial charge in [0.2, 0.25) is 5.95 Å². The Labute approximate surface area is 147 Å². The lowest BCUT2D eigenvalue weighted by atomic mass is 10.2. The number of aromatic nitrogens is 2. The number of piperazine rings is 1. The number of phenols is 1. The third kappa shape index (κ3) is 4.06. The highest BCUT2D eigenvalue weighted by molar-refractivity contribution is 6.04. The van der Waals surface area contributed by atoms with Gasteiger partial charge >= 0.3 is 0 Å². The molecular formula is C18H23N5O2. The van der Waals surface area contributed by atoms with Gasteiger partial charge in [0.1, 0.15) is 5.75 Å². The Hall–Kier alpha value is -2.67. The van der Waals surface area contributed by atoms with Crippen molar-refractivity contribution in [3.63, 3.8) is 0 Å². The Kier molecular flexibility index (Phi) is 5.14. The van der Waals surface area contributed by atoms with E-state index in [1.807, 2.05) is 6.92 Å². The summed E-state index contributed by atoms with van der Waals surface area (Å²) in [5.74, 6) is 0.486. The number of benzene rings is 1. The molecule has 1 amide bonds. The first-order chi connectivity index (χ1) is 12.1. The monoisotopic (exact) mass is 341 g/mol. The number of hydrogen-bond donors (Lipinski definition) is 2. The van der Waals surface area contributed by atoms with E-state index in [0.29, 0.717) is 22.9 Å². The highest BCUT2D eigenvalue weighted by atomic mass is 16.3. The second kappa shape index (κ2) is 7.48. The zero-order chi connectivity index (χ0) is 17.8. The average molecular weight is 341 g/mol. The van der Waals surface area contributed by atoms with E-state index in [-0.39, 0.29) is 11.7 Å². The SMILES string of the molecule is CCN1CCN(c2ncc(C(=O)Nc3cccc(O)c3)c(C)n2)CC1. The molecule has 0 unspecified atom stereocenters. The van der Waals surface area contributed by atoms with Crippen molar-refractivity contribution in [2.45, 2.75) is 13.8 Å². The number of anilines is 2. The molecule has 0 saturated carbocycles. The van der Waals surface area contributed by atoms with Gasteiger partial charge in [0.25, 0.3) is 5.91 Å². The quantitative estimate of drug-likeness (QED) is 0.884. The minimum Gasteiger partial charge on any atom is -0.508 e. The minimum atomic E-state index is -0.287. The normalized spacial score (nSPS) is 15.2. The average Bonchev–Trinajstić information content (AvgIpc) is 2.61. The molecule has 2 heterocycles. The van der Waals surface area contributed by atoms with Crippen molar-refractivity contribution in [1.82, 2.24) is 14.9 Å². The predicted octanol–water partition coefficient (Wildman–Crippen LogP) is 1.88. The molecule has 0 radical (unpaired) electrons. The first-order valence-electron chi connectivity index (χ1n) is 8.48. The maximum absolute atomic E-state index is 12.4. The van der Waals surface area contributed by atoms with Crippen molar-refractivity contribution in [3.05, 3.63) is 41.7 Å². The Morgan fingerprint density at radius 1 is 1.28 bits per heavy atom. The highest BCUT2D eigenvalue weighted by Crippen LogP contribution is 2.18. The van der Waals surface area contributed by atoms with E-state index in [0.717, 1.165) is 32.7 Å². The van der Waals surface area contributed by atoms with Gasteiger partial charge in [-0.1, -0.05) is 13.0 Å². The van der Waals surface area contributed by atoms with E-state index in [1.165, 1.54) is 6.07 Å². The van der Waals surface area contributed by atoms with Gasteiger partial charge in [-0.25, -0.2) is 9.97 Å². The summed E-state index contributed by atoms with van der Waals surface area (Å²) in [5.41, 5.74) is 1.60. The van der Waals surface area contributed by atoms with E-state index >= 15 is 0 Å². The summed E-state index contributed by atoms with van der Waals surface area (Å²) in [4.78, 5) is 25.9. The summed E-state index contributed by atoms with van der Waals surface area (Å²) in [6.45, 7) is 8.81. The molecule has 1 aromatic heterocycles. The van der Waals surface area contributed by atoms with Crippen LogP contribution in [0, 0.1) is 6.92 Å². The summed E-state index contributed by atoms with van der Waals surface area (Å²) in [6, 6.07) is 6.44. The maximum atomic E-state index is 12.4. The predicted molar refractivity (Wildman–Crippen MR) is 97.2 cm³/mol. The lowest BCUT2D eigenvalue weighted by Gasteiger charge is -2.34. The van der Waals surface area contributed by atoms with Gasteiger partial charge in [0.15, 0.2) is 0 Å². The first-order valence-corrected chi connectivity index (χ1v) is 8.48. The molecule has 3 rings (SSSR count). The van der Waals surface area contributed by atoms with Crippen molar-refractivity contribution >= 4 is 17.5 Å². The van der Waals surface area contributed by atoms with Crippen molar-refractivity contribution in [2.75, 3.05) is 42.9 Å². The number of aryl methyl sites for hydroxylation is 1. The summed E-state index contributed by atoms with van der Waals surface area (Å²) in [5, 5.41) is 12.2. The molecule has 132 valence electrons. The Morgan fingerprint density at radius 2 is 2.04 bits per heavy atom. The van der Waals surface area contributed by atoms with Crippen LogP contribution in [0.3, 0.4) is 0 Å². The minimum absolute atomic E-state index is 0.104. The lowest BCUT2D eigenvalue weighted by Crippen LogP contribution is -2.46. The van der Waals surface area contributed by atoms with Crippen molar-refractivity contribution in [1.29, 1.82) is 0 Å². The molecule has 1 fully saturated rings. The van der Waals surface area contributed by atoms with Crippen LogP contribution in [0.4, 0.5) is 11.6 Å². The van der Waals surface area contributed by atoms with Gasteiger partial charge < -0.3 is 20.2 Å². The molecule has 7 nitrogen and oxygen atoms in total. The van der Waals surface area contributed by atoms with Gasteiger partial charge in [0.05, 0.1) is 11.3 Å². The van der Waals surface area contributed by atoms with Gasteiger partial charge in [-0.3, -0.25) is 4.79 Å². The van der Waals surface area contributed by atoms with Gasteiger partial charge in [-0.05, 0) is 25.6 Å². The van der Waals surface area contributed by atoms with Gasteiger partial charge in [-0.2, -0.15) is 0 Å². The molecule has 25 heavy (non-hydrogen) atoms. The summed E-state index contributed by atoms with van der Waals surface area (Å²) >= 11 is 0. The van der Waals surface area contributed by atoms with E-state index in [9.17, 15) is 9.90 Å². The van der Waals surface area contributed by atoms with Gasteiger partial charge in [0, 0.05) is 44.1 Å². The van der Waals surface area contributed by atoms with E-state index < -0.39 is 0 Å². The number of hydrogen-bond acceptors (Lipinski definition) is 6. The third-order valence-corrected chi connectivity index (χ3v) is 4.42. The summed E-state index contributed by atoms with van der Waals surface area (Å²) in [6.07, 6.45) is 1.57. The number of aromatic hydroxyl groups is 1. The largest absolute Gasteiger partial charge is 0.508 e. The zero-order valence-electron chi connectivity index (χ0n) is 14.6. The summed E-state index contributed by atoms with van der Waals surface area (Å²) in [7, 11) is 0. The van der Waals surface area contributed by atoms with Gasteiger partial charge in [-0.15, -0.1) is 0 Å². The molecule has 0 atom stereocenters. The highest BCUT2D eigenvalue weighted by Gasteiger charge is 2.19. The molecule has 1 aliphatic rings. The number of carbonyl (C=O) groups is 1. The molecule has 2 aromatic rings. The van der Waals surface area contributed by atoms with Crippen LogP contribution in [0.2, 0.25) is 0 Å². The molecule has 0 aliphatic carbocycles. The zero-order valence-corrected chi connectivity index (χ0v) is 14.6. The topological polar surface area (TPSA) is 81.6 Å². The number of nitrogens with one attached hydrogen (secondary N) is 1. The fourth-order valence-corrected chi connectivity index (χ4v) is 2.88. The number of phenolic OH excluding ortho intramolecular Hbond substituents is 1. The fraction of sp³-hybridized carbons (Fsp3) is 0.389. The number of nitrogens with zero attached hydrogens (tertiary/aromatic N) is 4. The van der Waals surface area contributed by atoms with Crippen LogP contribution in [0.15, 0.2) is 30.5 Å². The van der Waals surface area contributed by atoms with E-state index in [1.54, 1.807) is 24.4 Å². The van der Waals surface area contributed by atoms with Crippen LogP contribution in [0.25, 0.3) is 0 Å². The molecule has 2 N–H and O–H groups in total. The fourth-order valence-electron chi connectivity index (χ4n) is 2.88. The van der Waals surface area contributed by atoms with Crippen molar-refractivity contribution < 1.29 is 9.90 Å². The lowest BCUT2D eigenvalue weighted by molar-refractivity contribution is 0.102. The molecule has 0 spiro atoms. The molecule has 1 saturated heterocycles. The Bertz CT molecular complexity index is 757. The number of carbonyl (C=O) groups excluding carboxylic acids is 1.